The van der Waals surface area contributed by atoms with Crippen molar-refractivity contribution in [3.8, 4) is 5.75 Å². The number of aromatic hydroxyl groups is 1. The lowest BCUT2D eigenvalue weighted by Gasteiger charge is -2.05. The summed E-state index contributed by atoms with van der Waals surface area (Å²) in [6.45, 7) is 2.13. The average molecular weight is 441 g/mol. The van der Waals surface area contributed by atoms with Crippen LogP contribution in [0.1, 0.15) is 11.1 Å². The molecule has 0 spiro atoms. The number of benzene rings is 2. The summed E-state index contributed by atoms with van der Waals surface area (Å²) in [4.78, 5) is 11.7. The number of carbonyl (C=O) groups is 1. The fourth-order valence-electron chi connectivity index (χ4n) is 1.73. The Morgan fingerprint density at radius 2 is 1.83 bits per heavy atom. The largest absolute Gasteiger partial charge is 0.506 e. The van der Waals surface area contributed by atoms with E-state index in [9.17, 15) is 9.90 Å². The molecule has 0 aliphatic heterocycles. The van der Waals surface area contributed by atoms with Gasteiger partial charge in [0.2, 0.25) is 0 Å². The third-order valence-corrected chi connectivity index (χ3v) is 4.16. The van der Waals surface area contributed by atoms with E-state index in [4.69, 9.17) is 0 Å². The van der Waals surface area contributed by atoms with Gasteiger partial charge in [0.1, 0.15) is 5.75 Å². The number of nitrogens with zero attached hydrogens (tertiary/aromatic N) is 1. The van der Waals surface area contributed by atoms with Crippen LogP contribution in [0, 0.1) is 6.92 Å². The fraction of sp³-hybridized carbons (Fsp3) is 0.125. The van der Waals surface area contributed by atoms with Gasteiger partial charge in [-0.05, 0) is 68.6 Å². The Morgan fingerprint density at radius 3 is 2.43 bits per heavy atom. The van der Waals surface area contributed by atoms with E-state index >= 15 is 0 Å². The van der Waals surface area contributed by atoms with Crippen LogP contribution in [0.15, 0.2) is 50.4 Å². The van der Waals surface area contributed by atoms with E-state index in [-0.39, 0.29) is 18.2 Å². The van der Waals surface area contributed by atoms with E-state index in [0.29, 0.717) is 8.95 Å². The van der Waals surface area contributed by atoms with Crippen LogP contribution >= 0.6 is 31.9 Å². The number of phenols is 1. The number of halogens is 2. The van der Waals surface area contributed by atoms with Crippen molar-refractivity contribution in [2.24, 2.45) is 5.10 Å². The maximum atomic E-state index is 11.7. The van der Waals surface area contributed by atoms with E-state index in [0.717, 1.165) is 16.8 Å². The molecule has 0 aromatic heterocycles. The first-order valence-electron chi connectivity index (χ1n) is 6.76. The average Bonchev–Trinajstić information content (AvgIpc) is 2.52. The lowest BCUT2D eigenvalue weighted by molar-refractivity contribution is -0.119. The zero-order valence-electron chi connectivity index (χ0n) is 12.3. The Bertz CT molecular complexity index is 708. The second-order valence-corrected chi connectivity index (χ2v) is 6.55. The van der Waals surface area contributed by atoms with Gasteiger partial charge in [-0.3, -0.25) is 4.79 Å². The lowest BCUT2D eigenvalue weighted by atomic mass is 10.2. The highest BCUT2D eigenvalue weighted by Crippen LogP contribution is 2.32. The Labute approximate surface area is 151 Å². The van der Waals surface area contributed by atoms with Gasteiger partial charge >= 0.3 is 0 Å². The molecule has 0 heterocycles. The zero-order chi connectivity index (χ0) is 16.8. The summed E-state index contributed by atoms with van der Waals surface area (Å²) in [5.41, 5.74) is 5.21. The number of amides is 1. The molecular formula is C16H15Br2N3O2. The summed E-state index contributed by atoms with van der Waals surface area (Å²) >= 11 is 6.47. The molecule has 0 unspecified atom stereocenters. The molecule has 0 atom stereocenters. The van der Waals surface area contributed by atoms with Crippen molar-refractivity contribution in [3.63, 3.8) is 0 Å². The molecule has 2 rings (SSSR count). The summed E-state index contributed by atoms with van der Waals surface area (Å²) in [5.74, 6) is -0.132. The minimum atomic E-state index is -0.251. The molecule has 0 fully saturated rings. The van der Waals surface area contributed by atoms with Crippen LogP contribution in [-0.2, 0) is 4.79 Å². The van der Waals surface area contributed by atoms with E-state index < -0.39 is 0 Å². The number of nitrogens with one attached hydrogen (secondary N) is 2. The molecule has 7 heteroatoms. The molecule has 0 saturated carbocycles. The van der Waals surface area contributed by atoms with Gasteiger partial charge in [-0.25, -0.2) is 5.43 Å². The molecule has 0 saturated heterocycles. The van der Waals surface area contributed by atoms with Crippen molar-refractivity contribution in [2.75, 3.05) is 11.9 Å². The van der Waals surface area contributed by atoms with Gasteiger partial charge in [-0.1, -0.05) is 17.7 Å². The molecule has 2 aromatic rings. The molecule has 23 heavy (non-hydrogen) atoms. The monoisotopic (exact) mass is 439 g/mol. The van der Waals surface area contributed by atoms with Crippen LogP contribution in [0.4, 0.5) is 5.69 Å². The van der Waals surface area contributed by atoms with E-state index in [1.54, 1.807) is 12.1 Å². The maximum absolute atomic E-state index is 11.7. The number of hydrazone groups is 1. The highest BCUT2D eigenvalue weighted by molar-refractivity contribution is 9.11. The summed E-state index contributed by atoms with van der Waals surface area (Å²) in [6.07, 6.45) is 1.50. The van der Waals surface area contributed by atoms with Gasteiger partial charge in [-0.2, -0.15) is 5.10 Å². The first-order valence-corrected chi connectivity index (χ1v) is 8.35. The van der Waals surface area contributed by atoms with Crippen LogP contribution in [0.2, 0.25) is 0 Å². The molecule has 0 aliphatic rings. The number of rotatable bonds is 5. The minimum absolute atomic E-state index is 0.119. The van der Waals surface area contributed by atoms with E-state index in [2.05, 4.69) is 47.7 Å². The summed E-state index contributed by atoms with van der Waals surface area (Å²) < 4.78 is 1.08. The van der Waals surface area contributed by atoms with Gasteiger partial charge in [0.15, 0.2) is 0 Å². The molecule has 1 amide bonds. The topological polar surface area (TPSA) is 73.7 Å². The van der Waals surface area contributed by atoms with Crippen molar-refractivity contribution in [3.05, 3.63) is 56.5 Å². The molecular weight excluding hydrogens is 426 g/mol. The number of carbonyl (C=O) groups excluding carboxylic acids is 1. The molecule has 2 aromatic carbocycles. The summed E-state index contributed by atoms with van der Waals surface area (Å²) in [7, 11) is 0. The van der Waals surface area contributed by atoms with Crippen LogP contribution in [0.5, 0.6) is 5.75 Å². The molecule has 0 aliphatic carbocycles. The number of aryl methyl sites for hydroxylation is 1. The Balaban J connectivity index is 1.85. The summed E-state index contributed by atoms with van der Waals surface area (Å²) in [5, 5.41) is 16.5. The van der Waals surface area contributed by atoms with Crippen LogP contribution in [-0.4, -0.2) is 23.8 Å². The van der Waals surface area contributed by atoms with Gasteiger partial charge in [0, 0.05) is 5.69 Å². The minimum Gasteiger partial charge on any atom is -0.506 e. The Morgan fingerprint density at radius 1 is 1.22 bits per heavy atom. The first-order chi connectivity index (χ1) is 11.0. The van der Waals surface area contributed by atoms with Crippen LogP contribution in [0.25, 0.3) is 0 Å². The number of phenolic OH excluding ortho intramolecular Hbond substituents is 1. The molecule has 5 nitrogen and oxygen atoms in total. The van der Waals surface area contributed by atoms with Gasteiger partial charge in [0.05, 0.1) is 21.7 Å². The lowest BCUT2D eigenvalue weighted by Crippen LogP contribution is -2.25. The highest BCUT2D eigenvalue weighted by atomic mass is 79.9. The van der Waals surface area contributed by atoms with Crippen molar-refractivity contribution >= 4 is 49.7 Å². The van der Waals surface area contributed by atoms with Gasteiger partial charge in [-0.15, -0.1) is 0 Å². The van der Waals surface area contributed by atoms with Crippen molar-refractivity contribution in [2.45, 2.75) is 6.92 Å². The zero-order valence-corrected chi connectivity index (χ0v) is 15.5. The van der Waals surface area contributed by atoms with Crippen molar-refractivity contribution < 1.29 is 9.90 Å². The molecule has 3 N–H and O–H groups in total. The third-order valence-electron chi connectivity index (χ3n) is 2.95. The second-order valence-electron chi connectivity index (χ2n) is 4.85. The molecule has 0 bridgehead atoms. The van der Waals surface area contributed by atoms with Gasteiger partial charge in [0.25, 0.3) is 5.91 Å². The molecule has 0 radical (unpaired) electrons. The van der Waals surface area contributed by atoms with E-state index in [1.807, 2.05) is 31.2 Å². The number of hydrogen-bond donors (Lipinski definition) is 3. The summed E-state index contributed by atoms with van der Waals surface area (Å²) in [6, 6.07) is 11.2. The maximum Gasteiger partial charge on any atom is 0.259 e. The van der Waals surface area contributed by atoms with E-state index in [1.165, 1.54) is 6.21 Å². The van der Waals surface area contributed by atoms with Crippen LogP contribution < -0.4 is 10.7 Å². The standard InChI is InChI=1S/C16H15Br2N3O2/c1-10-2-4-12(5-3-10)19-9-15(22)21-20-8-11-6-13(17)16(23)14(18)7-11/h2-8,19,23H,9H2,1H3,(H,21,22)/b20-8+. The Kier molecular flexibility index (Phi) is 6.18. The van der Waals surface area contributed by atoms with Crippen molar-refractivity contribution in [1.29, 1.82) is 0 Å². The van der Waals surface area contributed by atoms with Gasteiger partial charge < -0.3 is 10.4 Å². The number of hydrogen-bond acceptors (Lipinski definition) is 4. The predicted octanol–water partition coefficient (Wildman–Crippen LogP) is 3.79. The normalized spacial score (nSPS) is 10.7. The number of anilines is 1. The first kappa shape index (κ1) is 17.5. The predicted molar refractivity (Wildman–Crippen MR) is 98.9 cm³/mol. The SMILES string of the molecule is Cc1ccc(NCC(=O)N/N=C/c2cc(Br)c(O)c(Br)c2)cc1. The van der Waals surface area contributed by atoms with Crippen LogP contribution in [0.3, 0.4) is 0 Å². The highest BCUT2D eigenvalue weighted by Gasteiger charge is 2.04. The third kappa shape index (κ3) is 5.37. The second kappa shape index (κ2) is 8.12. The quantitative estimate of drug-likeness (QED) is 0.489. The Hall–Kier alpha value is -1.86. The fourth-order valence-corrected chi connectivity index (χ4v) is 2.95. The molecule has 120 valence electrons. The smallest absolute Gasteiger partial charge is 0.259 e. The van der Waals surface area contributed by atoms with Crippen molar-refractivity contribution in [1.82, 2.24) is 5.43 Å².